The molecular weight excluding hydrogens is 287 g/mol. The average Bonchev–Trinajstić information content (AvgIpc) is 2.48. The summed E-state index contributed by atoms with van der Waals surface area (Å²) in [6.45, 7) is 2.10. The largest absolute Gasteiger partial charge is 0.397 e. The van der Waals surface area contributed by atoms with Crippen LogP contribution in [0.1, 0.15) is 23.7 Å². The second-order valence-corrected chi connectivity index (χ2v) is 5.70. The van der Waals surface area contributed by atoms with E-state index in [2.05, 4.69) is 12.2 Å². The van der Waals surface area contributed by atoms with E-state index in [-0.39, 0.29) is 5.56 Å². The minimum Gasteiger partial charge on any atom is -0.397 e. The summed E-state index contributed by atoms with van der Waals surface area (Å²) < 4.78 is 13.6. The van der Waals surface area contributed by atoms with Crippen molar-refractivity contribution in [3.05, 3.63) is 53.8 Å². The number of nitrogens with one attached hydrogen (secondary N) is 1. The average molecular weight is 304 g/mol. The molecule has 0 aromatic heterocycles. The predicted molar refractivity (Wildman–Crippen MR) is 86.2 cm³/mol. The highest BCUT2D eigenvalue weighted by Gasteiger charge is 2.12. The number of nitrogens with two attached hydrogens (primary N) is 1. The monoisotopic (exact) mass is 304 g/mol. The number of hydrogen-bond donors (Lipinski definition) is 2. The SMILES string of the molecule is CCCSc1ccc(N)c(NC(=O)c2ccccc2F)c1. The quantitative estimate of drug-likeness (QED) is 0.644. The Morgan fingerprint density at radius 2 is 2.05 bits per heavy atom. The molecule has 3 N–H and O–H groups in total. The number of amides is 1. The Labute approximate surface area is 127 Å². The predicted octanol–water partition coefficient (Wildman–Crippen LogP) is 4.16. The van der Waals surface area contributed by atoms with Gasteiger partial charge < -0.3 is 11.1 Å². The molecule has 3 nitrogen and oxygen atoms in total. The first-order valence-electron chi connectivity index (χ1n) is 6.70. The Hall–Kier alpha value is -2.01. The van der Waals surface area contributed by atoms with Crippen molar-refractivity contribution < 1.29 is 9.18 Å². The molecule has 0 aliphatic carbocycles. The maximum atomic E-state index is 13.6. The molecule has 0 bridgehead atoms. The molecule has 0 aliphatic rings. The van der Waals surface area contributed by atoms with Crippen LogP contribution < -0.4 is 11.1 Å². The van der Waals surface area contributed by atoms with Gasteiger partial charge in [0.25, 0.3) is 5.91 Å². The van der Waals surface area contributed by atoms with E-state index >= 15 is 0 Å². The number of carbonyl (C=O) groups excluding carboxylic acids is 1. The molecule has 0 radical (unpaired) electrons. The molecule has 0 spiro atoms. The van der Waals surface area contributed by atoms with Gasteiger partial charge in [0, 0.05) is 4.90 Å². The van der Waals surface area contributed by atoms with Crippen LogP contribution in [0.2, 0.25) is 0 Å². The molecule has 1 amide bonds. The fourth-order valence-electron chi connectivity index (χ4n) is 1.79. The van der Waals surface area contributed by atoms with E-state index in [1.807, 2.05) is 12.1 Å². The molecule has 21 heavy (non-hydrogen) atoms. The standard InChI is InChI=1S/C16H17FN2OS/c1-2-9-21-11-7-8-14(18)15(10-11)19-16(20)12-5-3-4-6-13(12)17/h3-8,10H,2,9,18H2,1H3,(H,19,20). The van der Waals surface area contributed by atoms with Crippen molar-refractivity contribution in [3.63, 3.8) is 0 Å². The third-order valence-corrected chi connectivity index (χ3v) is 4.06. The molecule has 0 saturated carbocycles. The molecule has 2 aromatic rings. The summed E-state index contributed by atoms with van der Waals surface area (Å²) in [4.78, 5) is 13.1. The number of hydrogen-bond acceptors (Lipinski definition) is 3. The first kappa shape index (κ1) is 15.4. The summed E-state index contributed by atoms with van der Waals surface area (Å²) in [7, 11) is 0. The van der Waals surface area contributed by atoms with Crippen molar-refractivity contribution >= 4 is 29.0 Å². The first-order chi connectivity index (χ1) is 10.1. The van der Waals surface area contributed by atoms with E-state index in [1.165, 1.54) is 12.1 Å². The lowest BCUT2D eigenvalue weighted by molar-refractivity contribution is 0.102. The van der Waals surface area contributed by atoms with Gasteiger partial charge in [-0.05, 0) is 42.5 Å². The van der Waals surface area contributed by atoms with Crippen LogP contribution in [0.5, 0.6) is 0 Å². The van der Waals surface area contributed by atoms with Crippen LogP contribution >= 0.6 is 11.8 Å². The summed E-state index contributed by atoms with van der Waals surface area (Å²) in [6.07, 6.45) is 1.06. The van der Waals surface area contributed by atoms with Crippen molar-refractivity contribution in [1.82, 2.24) is 0 Å². The van der Waals surface area contributed by atoms with Gasteiger partial charge in [-0.15, -0.1) is 11.8 Å². The molecule has 5 heteroatoms. The highest BCUT2D eigenvalue weighted by molar-refractivity contribution is 7.99. The number of benzene rings is 2. The van der Waals surface area contributed by atoms with E-state index < -0.39 is 11.7 Å². The minimum atomic E-state index is -0.551. The molecule has 0 fully saturated rings. The van der Waals surface area contributed by atoms with Gasteiger partial charge in [0.1, 0.15) is 5.82 Å². The molecule has 2 rings (SSSR count). The number of thioether (sulfide) groups is 1. The Morgan fingerprint density at radius 1 is 1.29 bits per heavy atom. The Balaban J connectivity index is 2.19. The van der Waals surface area contributed by atoms with Crippen LogP contribution in [-0.4, -0.2) is 11.7 Å². The van der Waals surface area contributed by atoms with Crippen LogP contribution in [0.3, 0.4) is 0 Å². The molecular formula is C16H17FN2OS. The van der Waals surface area contributed by atoms with E-state index in [1.54, 1.807) is 30.0 Å². The molecule has 0 unspecified atom stereocenters. The van der Waals surface area contributed by atoms with Gasteiger partial charge in [0.2, 0.25) is 0 Å². The zero-order valence-electron chi connectivity index (χ0n) is 11.7. The number of rotatable bonds is 5. The van der Waals surface area contributed by atoms with Gasteiger partial charge in [-0.3, -0.25) is 4.79 Å². The van der Waals surface area contributed by atoms with Gasteiger partial charge in [0.05, 0.1) is 16.9 Å². The maximum Gasteiger partial charge on any atom is 0.258 e. The minimum absolute atomic E-state index is 0.00325. The van der Waals surface area contributed by atoms with Crippen LogP contribution in [0.25, 0.3) is 0 Å². The van der Waals surface area contributed by atoms with Crippen molar-refractivity contribution in [2.24, 2.45) is 0 Å². The van der Waals surface area contributed by atoms with Gasteiger partial charge in [0.15, 0.2) is 0 Å². The van der Waals surface area contributed by atoms with Crippen LogP contribution in [0.15, 0.2) is 47.4 Å². The molecule has 0 atom stereocenters. The molecule has 0 aliphatic heterocycles. The zero-order valence-corrected chi connectivity index (χ0v) is 12.5. The lowest BCUT2D eigenvalue weighted by Gasteiger charge is -2.10. The Kier molecular flexibility index (Phi) is 5.22. The van der Waals surface area contributed by atoms with Crippen LogP contribution in [0, 0.1) is 5.82 Å². The third-order valence-electron chi connectivity index (χ3n) is 2.86. The van der Waals surface area contributed by atoms with Crippen molar-refractivity contribution in [2.45, 2.75) is 18.2 Å². The van der Waals surface area contributed by atoms with Gasteiger partial charge in [-0.2, -0.15) is 0 Å². The van der Waals surface area contributed by atoms with Gasteiger partial charge in [-0.25, -0.2) is 4.39 Å². The van der Waals surface area contributed by atoms with Crippen molar-refractivity contribution in [3.8, 4) is 0 Å². The lowest BCUT2D eigenvalue weighted by atomic mass is 10.2. The van der Waals surface area contributed by atoms with Crippen molar-refractivity contribution in [1.29, 1.82) is 0 Å². The van der Waals surface area contributed by atoms with Gasteiger partial charge >= 0.3 is 0 Å². The van der Waals surface area contributed by atoms with E-state index in [4.69, 9.17) is 5.73 Å². The van der Waals surface area contributed by atoms with E-state index in [0.29, 0.717) is 11.4 Å². The lowest BCUT2D eigenvalue weighted by Crippen LogP contribution is -2.14. The van der Waals surface area contributed by atoms with Crippen molar-refractivity contribution in [2.75, 3.05) is 16.8 Å². The normalized spacial score (nSPS) is 10.4. The first-order valence-corrected chi connectivity index (χ1v) is 7.68. The second-order valence-electron chi connectivity index (χ2n) is 4.53. The molecule has 110 valence electrons. The number of carbonyl (C=O) groups is 1. The summed E-state index contributed by atoms with van der Waals surface area (Å²) in [6, 6.07) is 11.3. The number of anilines is 2. The fraction of sp³-hybridized carbons (Fsp3) is 0.188. The number of nitrogen functional groups attached to an aromatic ring is 1. The summed E-state index contributed by atoms with van der Waals surface area (Å²) >= 11 is 1.69. The van der Waals surface area contributed by atoms with Gasteiger partial charge in [-0.1, -0.05) is 19.1 Å². The number of halogens is 1. The Bertz CT molecular complexity index is 646. The summed E-state index contributed by atoms with van der Waals surface area (Å²) in [5, 5.41) is 2.67. The zero-order chi connectivity index (χ0) is 15.2. The third kappa shape index (κ3) is 3.98. The smallest absolute Gasteiger partial charge is 0.258 e. The van der Waals surface area contributed by atoms with E-state index in [9.17, 15) is 9.18 Å². The van der Waals surface area contributed by atoms with Crippen LogP contribution in [-0.2, 0) is 0 Å². The molecule has 2 aromatic carbocycles. The second kappa shape index (κ2) is 7.13. The summed E-state index contributed by atoms with van der Waals surface area (Å²) in [5.41, 5.74) is 6.83. The van der Waals surface area contributed by atoms with Crippen LogP contribution in [0.4, 0.5) is 15.8 Å². The van der Waals surface area contributed by atoms with E-state index in [0.717, 1.165) is 17.1 Å². The highest BCUT2D eigenvalue weighted by atomic mass is 32.2. The maximum absolute atomic E-state index is 13.6. The fourth-order valence-corrected chi connectivity index (χ4v) is 2.59. The molecule has 0 saturated heterocycles. The molecule has 0 heterocycles. The topological polar surface area (TPSA) is 55.1 Å². The summed E-state index contributed by atoms with van der Waals surface area (Å²) in [5.74, 6) is -0.0625. The Morgan fingerprint density at radius 3 is 2.76 bits per heavy atom. The highest BCUT2D eigenvalue weighted by Crippen LogP contribution is 2.27.